The lowest BCUT2D eigenvalue weighted by Crippen LogP contribution is -2.43. The molecule has 2 saturated heterocycles. The van der Waals surface area contributed by atoms with Crippen LogP contribution < -0.4 is 0 Å². The third-order valence-electron chi connectivity index (χ3n) is 4.14. The van der Waals surface area contributed by atoms with E-state index < -0.39 is 0 Å². The second-order valence-corrected chi connectivity index (χ2v) is 6.39. The molecule has 0 aromatic heterocycles. The molecule has 0 aromatic rings. The molecule has 2 atom stereocenters. The number of nitrogens with zero attached hydrogens (tertiary/aromatic N) is 1. The van der Waals surface area contributed by atoms with Crippen molar-refractivity contribution in [2.24, 2.45) is 5.92 Å². The highest BCUT2D eigenvalue weighted by Crippen LogP contribution is 2.30. The molecule has 0 spiro atoms. The maximum absolute atomic E-state index is 11.8. The van der Waals surface area contributed by atoms with Crippen LogP contribution in [0, 0.1) is 5.92 Å². The molecule has 0 saturated carbocycles. The normalized spacial score (nSPS) is 31.3. The van der Waals surface area contributed by atoms with E-state index >= 15 is 0 Å². The molecule has 0 radical (unpaired) electrons. The van der Waals surface area contributed by atoms with Gasteiger partial charge in [0.05, 0.1) is 24.2 Å². The molecule has 1 unspecified atom stereocenters. The summed E-state index contributed by atoms with van der Waals surface area (Å²) in [5, 5.41) is 0. The van der Waals surface area contributed by atoms with E-state index in [9.17, 15) is 4.79 Å². The number of piperidine rings is 1. The molecule has 2 fully saturated rings. The number of ether oxygens (including phenoxy) is 2. The van der Waals surface area contributed by atoms with Crippen LogP contribution in [0.1, 0.15) is 46.5 Å². The molecule has 0 aromatic carbocycles. The van der Waals surface area contributed by atoms with Gasteiger partial charge < -0.3 is 9.47 Å². The average molecular weight is 269 g/mol. The van der Waals surface area contributed by atoms with Gasteiger partial charge in [0, 0.05) is 13.1 Å². The molecule has 2 rings (SSSR count). The molecule has 0 bridgehead atoms. The fourth-order valence-electron chi connectivity index (χ4n) is 3.17. The SMILES string of the molecule is CCOC(=O)[C@H]1CCCN(CC2CCC(C)(C)O2)C1. The van der Waals surface area contributed by atoms with E-state index in [0.717, 1.165) is 45.3 Å². The van der Waals surface area contributed by atoms with Crippen molar-refractivity contribution in [3.8, 4) is 0 Å². The van der Waals surface area contributed by atoms with Crippen LogP contribution in [0.4, 0.5) is 0 Å². The van der Waals surface area contributed by atoms with Gasteiger partial charge in [0.25, 0.3) is 0 Å². The first-order valence-corrected chi connectivity index (χ1v) is 7.57. The molecule has 2 heterocycles. The first kappa shape index (κ1) is 14.8. The van der Waals surface area contributed by atoms with Gasteiger partial charge in [-0.3, -0.25) is 9.69 Å². The van der Waals surface area contributed by atoms with Gasteiger partial charge in [-0.1, -0.05) is 0 Å². The number of rotatable bonds is 4. The van der Waals surface area contributed by atoms with Crippen LogP contribution in [0.15, 0.2) is 0 Å². The first-order valence-electron chi connectivity index (χ1n) is 7.57. The highest BCUT2D eigenvalue weighted by molar-refractivity contribution is 5.72. The van der Waals surface area contributed by atoms with E-state index in [1.165, 1.54) is 0 Å². The Balaban J connectivity index is 1.80. The van der Waals surface area contributed by atoms with Gasteiger partial charge in [-0.2, -0.15) is 0 Å². The third-order valence-corrected chi connectivity index (χ3v) is 4.14. The summed E-state index contributed by atoms with van der Waals surface area (Å²) in [7, 11) is 0. The molecular formula is C15H27NO3. The Kier molecular flexibility index (Phi) is 4.85. The van der Waals surface area contributed by atoms with Crippen LogP contribution in [0.2, 0.25) is 0 Å². The zero-order chi connectivity index (χ0) is 13.9. The Morgan fingerprint density at radius 1 is 1.42 bits per heavy atom. The lowest BCUT2D eigenvalue weighted by atomic mass is 9.97. The van der Waals surface area contributed by atoms with Crippen molar-refractivity contribution in [1.29, 1.82) is 0 Å². The summed E-state index contributed by atoms with van der Waals surface area (Å²) in [4.78, 5) is 14.2. The molecular weight excluding hydrogens is 242 g/mol. The quantitative estimate of drug-likeness (QED) is 0.734. The van der Waals surface area contributed by atoms with Gasteiger partial charge in [0.1, 0.15) is 0 Å². The van der Waals surface area contributed by atoms with Gasteiger partial charge >= 0.3 is 5.97 Å². The van der Waals surface area contributed by atoms with Crippen molar-refractivity contribution in [2.75, 3.05) is 26.2 Å². The number of carbonyl (C=O) groups is 1. The Morgan fingerprint density at radius 2 is 2.21 bits per heavy atom. The van der Waals surface area contributed by atoms with Crippen molar-refractivity contribution >= 4 is 5.97 Å². The van der Waals surface area contributed by atoms with Crippen molar-refractivity contribution in [2.45, 2.75) is 58.2 Å². The largest absolute Gasteiger partial charge is 0.466 e. The predicted octanol–water partition coefficient (Wildman–Crippen LogP) is 2.22. The number of hydrogen-bond acceptors (Lipinski definition) is 4. The lowest BCUT2D eigenvalue weighted by Gasteiger charge is -2.33. The van der Waals surface area contributed by atoms with Gasteiger partial charge in [-0.05, 0) is 53.0 Å². The van der Waals surface area contributed by atoms with Crippen molar-refractivity contribution in [3.05, 3.63) is 0 Å². The van der Waals surface area contributed by atoms with Gasteiger partial charge in [-0.15, -0.1) is 0 Å². The first-order chi connectivity index (χ1) is 9.00. The minimum atomic E-state index is -0.0279. The Morgan fingerprint density at radius 3 is 2.84 bits per heavy atom. The number of likely N-dealkylation sites (tertiary alicyclic amines) is 1. The zero-order valence-corrected chi connectivity index (χ0v) is 12.5. The van der Waals surface area contributed by atoms with Crippen molar-refractivity contribution in [1.82, 2.24) is 4.90 Å². The van der Waals surface area contributed by atoms with E-state index in [-0.39, 0.29) is 17.5 Å². The van der Waals surface area contributed by atoms with E-state index in [0.29, 0.717) is 12.7 Å². The molecule has 0 N–H and O–H groups in total. The Hall–Kier alpha value is -0.610. The van der Waals surface area contributed by atoms with Gasteiger partial charge in [0.2, 0.25) is 0 Å². The van der Waals surface area contributed by atoms with Gasteiger partial charge in [-0.25, -0.2) is 0 Å². The molecule has 0 aliphatic carbocycles. The summed E-state index contributed by atoms with van der Waals surface area (Å²) in [6, 6.07) is 0. The van der Waals surface area contributed by atoms with E-state index in [2.05, 4.69) is 18.7 Å². The minimum Gasteiger partial charge on any atom is -0.466 e. The van der Waals surface area contributed by atoms with Crippen LogP contribution in [0.3, 0.4) is 0 Å². The fraction of sp³-hybridized carbons (Fsp3) is 0.933. The van der Waals surface area contributed by atoms with Crippen LogP contribution >= 0.6 is 0 Å². The monoisotopic (exact) mass is 269 g/mol. The smallest absolute Gasteiger partial charge is 0.310 e. The maximum Gasteiger partial charge on any atom is 0.310 e. The van der Waals surface area contributed by atoms with Crippen molar-refractivity contribution < 1.29 is 14.3 Å². The van der Waals surface area contributed by atoms with Gasteiger partial charge in [0.15, 0.2) is 0 Å². The molecule has 0 amide bonds. The van der Waals surface area contributed by atoms with Crippen LogP contribution in [-0.4, -0.2) is 48.8 Å². The third kappa shape index (κ3) is 4.18. The molecule has 2 aliphatic heterocycles. The molecule has 4 nitrogen and oxygen atoms in total. The number of hydrogen-bond donors (Lipinski definition) is 0. The highest BCUT2D eigenvalue weighted by Gasteiger charge is 2.34. The number of esters is 1. The number of carbonyl (C=O) groups excluding carboxylic acids is 1. The summed E-state index contributed by atoms with van der Waals surface area (Å²) in [5.74, 6) is 0.0305. The highest BCUT2D eigenvalue weighted by atomic mass is 16.5. The Bertz CT molecular complexity index is 317. The summed E-state index contributed by atoms with van der Waals surface area (Å²) >= 11 is 0. The van der Waals surface area contributed by atoms with Crippen LogP contribution in [0.25, 0.3) is 0 Å². The summed E-state index contributed by atoms with van der Waals surface area (Å²) in [6.07, 6.45) is 4.64. The fourth-order valence-corrected chi connectivity index (χ4v) is 3.17. The molecule has 110 valence electrons. The topological polar surface area (TPSA) is 38.8 Å². The minimum absolute atomic E-state index is 0.0279. The standard InChI is InChI=1S/C15H27NO3/c1-4-18-14(17)12-6-5-9-16(10-12)11-13-7-8-15(2,3)19-13/h12-13H,4-11H2,1-3H3/t12-,13?/m0/s1. The second-order valence-electron chi connectivity index (χ2n) is 6.39. The average Bonchev–Trinajstić information content (AvgIpc) is 2.69. The zero-order valence-electron chi connectivity index (χ0n) is 12.5. The van der Waals surface area contributed by atoms with Crippen LogP contribution in [-0.2, 0) is 14.3 Å². The van der Waals surface area contributed by atoms with Crippen LogP contribution in [0.5, 0.6) is 0 Å². The van der Waals surface area contributed by atoms with Crippen molar-refractivity contribution in [3.63, 3.8) is 0 Å². The van der Waals surface area contributed by atoms with E-state index in [1.807, 2.05) is 6.92 Å². The summed E-state index contributed by atoms with van der Waals surface area (Å²) < 4.78 is 11.2. The molecule has 4 heteroatoms. The predicted molar refractivity (Wildman–Crippen MR) is 74.0 cm³/mol. The Labute approximate surface area is 116 Å². The van der Waals surface area contributed by atoms with E-state index in [1.54, 1.807) is 0 Å². The summed E-state index contributed by atoms with van der Waals surface area (Å²) in [6.45, 7) is 9.53. The molecule has 19 heavy (non-hydrogen) atoms. The van der Waals surface area contributed by atoms with E-state index in [4.69, 9.17) is 9.47 Å². The molecule has 2 aliphatic rings. The second kappa shape index (κ2) is 6.23. The maximum atomic E-state index is 11.8. The lowest BCUT2D eigenvalue weighted by molar-refractivity contribution is -0.150. The summed E-state index contributed by atoms with van der Waals surface area (Å²) in [5.41, 5.74) is 0.0288.